The highest BCUT2D eigenvalue weighted by Crippen LogP contribution is 2.45. The fourth-order valence-corrected chi connectivity index (χ4v) is 4.20. The lowest BCUT2D eigenvalue weighted by molar-refractivity contribution is -0.139. The second-order valence-electron chi connectivity index (χ2n) is 6.78. The predicted octanol–water partition coefficient (Wildman–Crippen LogP) is 3.05. The normalized spacial score (nSPS) is 15.7. The molecule has 168 valence electrons. The number of para-hydroxylation sites is 1. The molecule has 0 amide bonds. The molecule has 10 heteroatoms. The number of halogens is 1. The van der Waals surface area contributed by atoms with E-state index in [1.807, 2.05) is 6.07 Å². The van der Waals surface area contributed by atoms with E-state index in [0.717, 1.165) is 19.1 Å². The average Bonchev–Trinajstić information content (AvgIpc) is 2.82. The number of carboxylic acids is 1. The fourth-order valence-electron chi connectivity index (χ4n) is 3.66. The summed E-state index contributed by atoms with van der Waals surface area (Å²) >= 11 is 3.30. The van der Waals surface area contributed by atoms with Gasteiger partial charge in [-0.1, -0.05) is 36.4 Å². The molecule has 3 rings (SSSR count). The third kappa shape index (κ3) is 4.06. The monoisotopic (exact) mass is 511 g/mol. The summed E-state index contributed by atoms with van der Waals surface area (Å²) in [6.07, 6.45) is 0. The van der Waals surface area contributed by atoms with E-state index in [2.05, 4.69) is 15.9 Å². The minimum atomic E-state index is -1.31. The van der Waals surface area contributed by atoms with E-state index in [0.29, 0.717) is 5.56 Å². The molecule has 33 heavy (non-hydrogen) atoms. The summed E-state index contributed by atoms with van der Waals surface area (Å²) in [4.78, 5) is 39.1. The van der Waals surface area contributed by atoms with Crippen molar-refractivity contribution in [3.8, 4) is 6.07 Å². The second-order valence-corrected chi connectivity index (χ2v) is 7.63. The zero-order chi connectivity index (χ0) is 24.3. The van der Waals surface area contributed by atoms with Crippen LogP contribution in [0.15, 0.2) is 75.7 Å². The van der Waals surface area contributed by atoms with Gasteiger partial charge in [0.05, 0.1) is 48.6 Å². The molecule has 0 radical (unpaired) electrons. The molecule has 9 nitrogen and oxygen atoms in total. The molecule has 1 aliphatic rings. The molecule has 0 aliphatic carbocycles. The summed E-state index contributed by atoms with van der Waals surface area (Å²) in [7, 11) is 2.24. The van der Waals surface area contributed by atoms with Crippen LogP contribution in [0, 0.1) is 11.3 Å². The van der Waals surface area contributed by atoms with Crippen LogP contribution in [0.4, 0.5) is 5.69 Å². The maximum Gasteiger partial charge on any atom is 0.355 e. The molecule has 0 spiro atoms. The van der Waals surface area contributed by atoms with Crippen LogP contribution in [0.5, 0.6) is 0 Å². The van der Waals surface area contributed by atoms with Crippen molar-refractivity contribution >= 4 is 39.5 Å². The highest BCUT2D eigenvalue weighted by Gasteiger charge is 2.44. The Morgan fingerprint density at radius 3 is 2.24 bits per heavy atom. The SMILES string of the molecule is COC(=O)C1=C(C(=O)OC)N(c2c(Br)cccc2C(=O)O)C(N)=C(C#N)C1c1ccccc1. The number of ether oxygens (including phenoxy) is 2. The number of carbonyl (C=O) groups is 3. The van der Waals surface area contributed by atoms with Crippen LogP contribution in [0.25, 0.3) is 0 Å². The Balaban J connectivity index is 2.51. The molecular formula is C23H18BrN3O6. The molecule has 1 atom stereocenters. The summed E-state index contributed by atoms with van der Waals surface area (Å²) < 4.78 is 10.1. The van der Waals surface area contributed by atoms with Crippen molar-refractivity contribution in [1.29, 1.82) is 5.26 Å². The Morgan fingerprint density at radius 1 is 1.06 bits per heavy atom. The van der Waals surface area contributed by atoms with Gasteiger partial charge in [-0.3, -0.25) is 4.90 Å². The molecule has 0 aromatic heterocycles. The van der Waals surface area contributed by atoms with Crippen LogP contribution in [0.1, 0.15) is 21.8 Å². The highest BCUT2D eigenvalue weighted by atomic mass is 79.9. The topological polar surface area (TPSA) is 143 Å². The molecule has 0 saturated heterocycles. The Kier molecular flexibility index (Phi) is 6.84. The first-order valence-electron chi connectivity index (χ1n) is 9.45. The van der Waals surface area contributed by atoms with Gasteiger partial charge in [0.1, 0.15) is 11.5 Å². The first kappa shape index (κ1) is 23.6. The smallest absolute Gasteiger partial charge is 0.355 e. The quantitative estimate of drug-likeness (QED) is 0.578. The number of hydrogen-bond donors (Lipinski definition) is 2. The van der Waals surface area contributed by atoms with Crippen LogP contribution in [-0.2, 0) is 19.1 Å². The van der Waals surface area contributed by atoms with Crippen molar-refractivity contribution in [1.82, 2.24) is 0 Å². The first-order valence-corrected chi connectivity index (χ1v) is 10.2. The number of carboxylic acid groups (broad SMARTS) is 1. The summed E-state index contributed by atoms with van der Waals surface area (Å²) in [5.74, 6) is -4.47. The number of aromatic carboxylic acids is 1. The Bertz CT molecular complexity index is 1250. The van der Waals surface area contributed by atoms with Gasteiger partial charge < -0.3 is 20.3 Å². The van der Waals surface area contributed by atoms with Crippen molar-refractivity contribution in [3.63, 3.8) is 0 Å². The number of nitrogens with two attached hydrogens (primary N) is 1. The van der Waals surface area contributed by atoms with Gasteiger partial charge in [-0.05, 0) is 33.6 Å². The Labute approximate surface area is 197 Å². The molecule has 0 fully saturated rings. The van der Waals surface area contributed by atoms with Gasteiger partial charge in [0, 0.05) is 4.47 Å². The van der Waals surface area contributed by atoms with Crippen LogP contribution >= 0.6 is 15.9 Å². The van der Waals surface area contributed by atoms with Crippen LogP contribution < -0.4 is 10.6 Å². The van der Waals surface area contributed by atoms with E-state index in [9.17, 15) is 24.8 Å². The highest BCUT2D eigenvalue weighted by molar-refractivity contribution is 9.10. The van der Waals surface area contributed by atoms with Crippen molar-refractivity contribution in [2.75, 3.05) is 19.1 Å². The van der Waals surface area contributed by atoms with Gasteiger partial charge in [0.25, 0.3) is 0 Å². The molecule has 1 unspecified atom stereocenters. The van der Waals surface area contributed by atoms with Crippen molar-refractivity contribution in [3.05, 3.63) is 86.8 Å². The zero-order valence-corrected chi connectivity index (χ0v) is 19.1. The fraction of sp³-hybridized carbons (Fsp3) is 0.130. The van der Waals surface area contributed by atoms with E-state index in [-0.39, 0.29) is 38.4 Å². The number of anilines is 1. The molecule has 2 aromatic rings. The maximum atomic E-state index is 13.0. The van der Waals surface area contributed by atoms with Gasteiger partial charge in [0.2, 0.25) is 0 Å². The lowest BCUT2D eigenvalue weighted by Gasteiger charge is -2.36. The number of nitriles is 1. The number of benzene rings is 2. The van der Waals surface area contributed by atoms with E-state index in [1.165, 1.54) is 18.2 Å². The van der Waals surface area contributed by atoms with Crippen molar-refractivity contribution in [2.45, 2.75) is 5.92 Å². The minimum absolute atomic E-state index is 0.0523. The third-order valence-corrected chi connectivity index (χ3v) is 5.69. The van der Waals surface area contributed by atoms with Crippen molar-refractivity contribution in [2.24, 2.45) is 5.73 Å². The van der Waals surface area contributed by atoms with Crippen molar-refractivity contribution < 1.29 is 29.0 Å². The molecule has 1 aliphatic heterocycles. The van der Waals surface area contributed by atoms with E-state index in [1.54, 1.807) is 30.3 Å². The van der Waals surface area contributed by atoms with Crippen LogP contribution in [0.2, 0.25) is 0 Å². The van der Waals surface area contributed by atoms with Gasteiger partial charge in [-0.15, -0.1) is 0 Å². The Hall–Kier alpha value is -4.10. The molecule has 0 saturated carbocycles. The van der Waals surface area contributed by atoms with E-state index < -0.39 is 23.8 Å². The van der Waals surface area contributed by atoms with Crippen LogP contribution in [-0.4, -0.2) is 37.2 Å². The molecule has 3 N–H and O–H groups in total. The number of hydrogen-bond acceptors (Lipinski definition) is 8. The van der Waals surface area contributed by atoms with E-state index in [4.69, 9.17) is 15.2 Å². The first-order chi connectivity index (χ1) is 15.8. The zero-order valence-electron chi connectivity index (χ0n) is 17.5. The predicted molar refractivity (Wildman–Crippen MR) is 121 cm³/mol. The number of carbonyl (C=O) groups excluding carboxylic acids is 2. The number of allylic oxidation sites excluding steroid dienone is 1. The Morgan fingerprint density at radius 2 is 1.70 bits per heavy atom. The maximum absolute atomic E-state index is 13.0. The minimum Gasteiger partial charge on any atom is -0.478 e. The average molecular weight is 512 g/mol. The van der Waals surface area contributed by atoms with Gasteiger partial charge in [0.15, 0.2) is 0 Å². The van der Waals surface area contributed by atoms with Gasteiger partial charge in [-0.25, -0.2) is 14.4 Å². The van der Waals surface area contributed by atoms with Crippen LogP contribution in [0.3, 0.4) is 0 Å². The lowest BCUT2D eigenvalue weighted by Crippen LogP contribution is -2.41. The number of methoxy groups -OCH3 is 2. The number of esters is 2. The van der Waals surface area contributed by atoms with Gasteiger partial charge in [-0.2, -0.15) is 5.26 Å². The molecular weight excluding hydrogens is 494 g/mol. The number of nitrogens with zero attached hydrogens (tertiary/aromatic N) is 2. The largest absolute Gasteiger partial charge is 0.478 e. The summed E-state index contributed by atoms with van der Waals surface area (Å²) in [5.41, 5.74) is 5.98. The molecule has 2 aromatic carbocycles. The third-order valence-electron chi connectivity index (χ3n) is 5.05. The van der Waals surface area contributed by atoms with Gasteiger partial charge >= 0.3 is 17.9 Å². The van der Waals surface area contributed by atoms with E-state index >= 15 is 0 Å². The lowest BCUT2D eigenvalue weighted by atomic mass is 9.80. The molecule has 1 heterocycles. The summed E-state index contributed by atoms with van der Waals surface area (Å²) in [6.45, 7) is 0. The standard InChI is InChI=1S/C23H18BrN3O6/c1-32-22(30)17-16(12-7-4-3-5-8-12)14(11-25)20(26)27(19(17)23(31)33-2)18-13(21(28)29)9-6-10-15(18)24/h3-10,16H,26H2,1-2H3,(H,28,29). The number of rotatable bonds is 5. The second kappa shape index (κ2) is 9.58. The summed E-state index contributed by atoms with van der Waals surface area (Å²) in [5, 5.41) is 19.8. The molecule has 0 bridgehead atoms. The summed E-state index contributed by atoms with van der Waals surface area (Å²) in [6, 6.07) is 14.8.